The van der Waals surface area contributed by atoms with E-state index in [4.69, 9.17) is 4.74 Å². The van der Waals surface area contributed by atoms with E-state index in [0.29, 0.717) is 11.1 Å². The molecule has 7 aromatic carbocycles. The lowest BCUT2D eigenvalue weighted by molar-refractivity contribution is 0.0295. The summed E-state index contributed by atoms with van der Waals surface area (Å²) < 4.78 is 6.35. The van der Waals surface area contributed by atoms with Crippen molar-refractivity contribution in [3.8, 4) is 0 Å². The van der Waals surface area contributed by atoms with Gasteiger partial charge in [-0.25, -0.2) is 4.79 Å². The number of ether oxygens (including phenoxy) is 1. The third kappa shape index (κ3) is 8.11. The van der Waals surface area contributed by atoms with Crippen molar-refractivity contribution in [2.75, 3.05) is 6.54 Å². The van der Waals surface area contributed by atoms with Gasteiger partial charge in [-0.2, -0.15) is 0 Å². The minimum absolute atomic E-state index is 0.103. The zero-order valence-electron chi connectivity index (χ0n) is 28.5. The van der Waals surface area contributed by atoms with Gasteiger partial charge >= 0.3 is 5.97 Å². The fraction of sp³-hybridized carbons (Fsp3) is 0.0435. The van der Waals surface area contributed by atoms with Crippen molar-refractivity contribution in [3.05, 3.63) is 217 Å². The highest BCUT2D eigenvalue weighted by Gasteiger charge is 2.27. The van der Waals surface area contributed by atoms with E-state index < -0.39 is 27.9 Å². The average Bonchev–Trinajstić information content (AvgIpc) is 3.22. The molecule has 0 heterocycles. The molecule has 1 amide bonds. The summed E-state index contributed by atoms with van der Waals surface area (Å²) in [5.41, 5.74) is 1.91. The van der Waals surface area contributed by atoms with E-state index in [-0.39, 0.29) is 12.5 Å². The molecule has 7 rings (SSSR count). The van der Waals surface area contributed by atoms with Crippen molar-refractivity contribution >= 4 is 59.5 Å². The van der Waals surface area contributed by atoms with Crippen LogP contribution in [0.1, 0.15) is 32.4 Å². The molecule has 0 aliphatic rings. The number of carbonyl (C=O) groups is 2. The molecule has 0 saturated heterocycles. The number of benzene rings is 7. The SMILES string of the molecule is O=C(NC[C@H](OC(=O)c1ccccc1P(c1ccccc1)c1ccccc1)c1ccccc1)c1ccccc1P(c1ccccc1)c1ccccc1. The van der Waals surface area contributed by atoms with Crippen LogP contribution in [0.25, 0.3) is 0 Å². The highest BCUT2D eigenvalue weighted by Crippen LogP contribution is 2.36. The van der Waals surface area contributed by atoms with Crippen LogP contribution in [0.2, 0.25) is 0 Å². The Morgan fingerprint density at radius 3 is 1.23 bits per heavy atom. The van der Waals surface area contributed by atoms with Gasteiger partial charge in [-0.3, -0.25) is 4.79 Å². The Morgan fingerprint density at radius 1 is 0.442 bits per heavy atom. The monoisotopic (exact) mass is 713 g/mol. The van der Waals surface area contributed by atoms with Crippen LogP contribution in [0.3, 0.4) is 0 Å². The molecule has 0 radical (unpaired) electrons. The maximum atomic E-state index is 14.3. The lowest BCUT2D eigenvalue weighted by Gasteiger charge is -2.24. The van der Waals surface area contributed by atoms with E-state index in [0.717, 1.165) is 37.4 Å². The van der Waals surface area contributed by atoms with Crippen LogP contribution in [-0.4, -0.2) is 18.4 Å². The number of rotatable bonds is 12. The summed E-state index contributed by atoms with van der Waals surface area (Å²) in [6, 6.07) is 66.4. The minimum Gasteiger partial charge on any atom is -0.452 e. The molecule has 254 valence electrons. The zero-order chi connectivity index (χ0) is 35.5. The zero-order valence-corrected chi connectivity index (χ0v) is 30.2. The summed E-state index contributed by atoms with van der Waals surface area (Å²) in [5, 5.41) is 9.61. The highest BCUT2D eigenvalue weighted by atomic mass is 31.1. The Hall–Kier alpha value is -5.66. The average molecular weight is 714 g/mol. The largest absolute Gasteiger partial charge is 0.452 e. The Balaban J connectivity index is 1.18. The van der Waals surface area contributed by atoms with Crippen LogP contribution in [0, 0.1) is 0 Å². The first kappa shape index (κ1) is 34.8. The number of esters is 1. The van der Waals surface area contributed by atoms with Gasteiger partial charge in [0.1, 0.15) is 6.10 Å². The minimum atomic E-state index is -1.04. The molecular weight excluding hydrogens is 676 g/mol. The predicted molar refractivity (Wildman–Crippen MR) is 217 cm³/mol. The number of hydrogen-bond donors (Lipinski definition) is 1. The topological polar surface area (TPSA) is 55.4 Å². The smallest absolute Gasteiger partial charge is 0.339 e. The fourth-order valence-electron chi connectivity index (χ4n) is 6.23. The van der Waals surface area contributed by atoms with Gasteiger partial charge in [0.2, 0.25) is 0 Å². The standard InChI is InChI=1S/C46H37NO3P2/c48-45(40-30-16-18-32-43(40)51(36-22-8-2-9-23-36)37-24-10-3-11-25-37)47-34-42(35-20-6-1-7-21-35)50-46(49)41-31-17-19-33-44(41)52(38-26-12-4-13-27-38)39-28-14-5-15-29-39/h1-33,42H,34H2,(H,47,48)/t42-/m0/s1. The summed E-state index contributed by atoms with van der Waals surface area (Å²) in [5.74, 6) is -0.654. The van der Waals surface area contributed by atoms with Gasteiger partial charge in [-0.15, -0.1) is 0 Å². The van der Waals surface area contributed by atoms with E-state index >= 15 is 0 Å². The Kier molecular flexibility index (Phi) is 11.4. The number of hydrogen-bond acceptors (Lipinski definition) is 3. The Bertz CT molecular complexity index is 2140. The molecule has 1 N–H and O–H groups in total. The highest BCUT2D eigenvalue weighted by molar-refractivity contribution is 7.80. The van der Waals surface area contributed by atoms with Crippen molar-refractivity contribution in [3.63, 3.8) is 0 Å². The van der Waals surface area contributed by atoms with Crippen LogP contribution in [-0.2, 0) is 4.74 Å². The van der Waals surface area contributed by atoms with Crippen molar-refractivity contribution in [1.82, 2.24) is 5.32 Å². The molecule has 0 aromatic heterocycles. The van der Waals surface area contributed by atoms with Gasteiger partial charge < -0.3 is 10.1 Å². The van der Waals surface area contributed by atoms with Crippen molar-refractivity contribution in [2.45, 2.75) is 6.10 Å². The van der Waals surface area contributed by atoms with E-state index in [1.165, 1.54) is 0 Å². The van der Waals surface area contributed by atoms with Crippen LogP contribution >= 0.6 is 15.8 Å². The fourth-order valence-corrected chi connectivity index (χ4v) is 11.1. The Labute approximate surface area is 307 Å². The van der Waals surface area contributed by atoms with Crippen LogP contribution in [0.15, 0.2) is 200 Å². The molecule has 0 aliphatic heterocycles. The number of amides is 1. The number of carbonyl (C=O) groups excluding carboxylic acids is 2. The van der Waals surface area contributed by atoms with Gasteiger partial charge in [0.25, 0.3) is 5.91 Å². The molecule has 6 heteroatoms. The summed E-state index contributed by atoms with van der Waals surface area (Å²) in [7, 11) is -2.05. The second kappa shape index (κ2) is 17.0. The molecule has 52 heavy (non-hydrogen) atoms. The normalized spacial score (nSPS) is 11.6. The molecule has 7 aromatic rings. The molecule has 0 unspecified atom stereocenters. The predicted octanol–water partition coefficient (Wildman–Crippen LogP) is 7.53. The van der Waals surface area contributed by atoms with Gasteiger partial charge in [0, 0.05) is 5.56 Å². The van der Waals surface area contributed by atoms with Crippen molar-refractivity contribution < 1.29 is 14.3 Å². The molecule has 0 aliphatic carbocycles. The molecule has 4 nitrogen and oxygen atoms in total. The first-order valence-corrected chi connectivity index (χ1v) is 19.9. The second-order valence-corrected chi connectivity index (χ2v) is 16.4. The molecule has 0 spiro atoms. The van der Waals surface area contributed by atoms with Gasteiger partial charge in [-0.1, -0.05) is 188 Å². The van der Waals surface area contributed by atoms with Crippen molar-refractivity contribution in [2.24, 2.45) is 0 Å². The quantitative estimate of drug-likeness (QED) is 0.105. The second-order valence-electron chi connectivity index (χ2n) is 12.1. The Morgan fingerprint density at radius 2 is 0.788 bits per heavy atom. The third-order valence-electron chi connectivity index (χ3n) is 8.68. The summed E-state index contributed by atoms with van der Waals surface area (Å²) in [4.78, 5) is 28.4. The van der Waals surface area contributed by atoms with E-state index in [1.54, 1.807) is 0 Å². The summed E-state index contributed by atoms with van der Waals surface area (Å²) in [6.07, 6.45) is -0.720. The van der Waals surface area contributed by atoms with Gasteiger partial charge in [-0.05, 0) is 65.4 Å². The van der Waals surface area contributed by atoms with Gasteiger partial charge in [0.05, 0.1) is 12.1 Å². The van der Waals surface area contributed by atoms with Crippen molar-refractivity contribution in [1.29, 1.82) is 0 Å². The molecule has 0 fully saturated rings. The maximum Gasteiger partial charge on any atom is 0.339 e. The van der Waals surface area contributed by atoms with E-state index in [9.17, 15) is 9.59 Å². The molecule has 0 bridgehead atoms. The third-order valence-corrected chi connectivity index (χ3v) is 13.7. The maximum absolute atomic E-state index is 14.3. The van der Waals surface area contributed by atoms with E-state index in [2.05, 4.69) is 53.8 Å². The molecular formula is C46H37NO3P2. The van der Waals surface area contributed by atoms with Crippen LogP contribution in [0.4, 0.5) is 0 Å². The summed E-state index contributed by atoms with van der Waals surface area (Å²) in [6.45, 7) is 0.103. The van der Waals surface area contributed by atoms with Crippen LogP contribution < -0.4 is 37.1 Å². The molecule has 0 saturated carbocycles. The van der Waals surface area contributed by atoms with E-state index in [1.807, 2.05) is 152 Å². The first-order valence-electron chi connectivity index (χ1n) is 17.2. The van der Waals surface area contributed by atoms with Crippen LogP contribution in [0.5, 0.6) is 0 Å². The first-order chi connectivity index (χ1) is 25.7. The van der Waals surface area contributed by atoms with Gasteiger partial charge in [0.15, 0.2) is 0 Å². The lowest BCUT2D eigenvalue weighted by atomic mass is 10.1. The number of nitrogens with one attached hydrogen (secondary N) is 1. The molecule has 1 atom stereocenters. The lowest BCUT2D eigenvalue weighted by Crippen LogP contribution is -2.35. The summed E-state index contributed by atoms with van der Waals surface area (Å²) >= 11 is 0.